The molecule has 1 N–H and O–H groups in total. The van der Waals surface area contributed by atoms with Crippen molar-refractivity contribution >= 4 is 0 Å². The Morgan fingerprint density at radius 2 is 1.81 bits per heavy atom. The molecule has 92 valence electrons. The van der Waals surface area contributed by atoms with Gasteiger partial charge in [-0.2, -0.15) is 0 Å². The number of aromatic nitrogens is 3. The Bertz CT molecular complexity index is 256. The zero-order valence-corrected chi connectivity index (χ0v) is 10.7. The van der Waals surface area contributed by atoms with Gasteiger partial charge < -0.3 is 9.88 Å². The van der Waals surface area contributed by atoms with Crippen LogP contribution >= 0.6 is 0 Å². The molecular weight excluding hydrogens is 200 g/mol. The second-order valence-corrected chi connectivity index (χ2v) is 4.89. The Kier molecular flexibility index (Phi) is 6.08. The van der Waals surface area contributed by atoms with Gasteiger partial charge in [0.2, 0.25) is 0 Å². The Morgan fingerprint density at radius 3 is 2.44 bits per heavy atom. The monoisotopic (exact) mass is 224 g/mol. The lowest BCUT2D eigenvalue weighted by Crippen LogP contribution is -2.28. The predicted octanol–water partition coefficient (Wildman–Crippen LogP) is 2.08. The van der Waals surface area contributed by atoms with Crippen molar-refractivity contribution in [2.24, 2.45) is 5.92 Å². The van der Waals surface area contributed by atoms with Crippen molar-refractivity contribution in [3.05, 3.63) is 12.7 Å². The van der Waals surface area contributed by atoms with Gasteiger partial charge in [-0.25, -0.2) is 0 Å². The molecule has 0 bridgehead atoms. The first-order valence-corrected chi connectivity index (χ1v) is 6.24. The van der Waals surface area contributed by atoms with Crippen LogP contribution in [0.1, 0.15) is 40.0 Å². The molecule has 0 radical (unpaired) electrons. The van der Waals surface area contributed by atoms with Crippen LogP contribution in [-0.2, 0) is 6.54 Å². The highest BCUT2D eigenvalue weighted by Crippen LogP contribution is 2.03. The Balaban J connectivity index is 1.95. The summed E-state index contributed by atoms with van der Waals surface area (Å²) in [5, 5.41) is 11.1. The van der Waals surface area contributed by atoms with Crippen LogP contribution in [0, 0.1) is 5.92 Å². The predicted molar refractivity (Wildman–Crippen MR) is 66.2 cm³/mol. The van der Waals surface area contributed by atoms with Gasteiger partial charge >= 0.3 is 0 Å². The fourth-order valence-electron chi connectivity index (χ4n) is 1.90. The average Bonchev–Trinajstić information content (AvgIpc) is 2.68. The van der Waals surface area contributed by atoms with Gasteiger partial charge in [-0.15, -0.1) is 10.2 Å². The quantitative estimate of drug-likeness (QED) is 0.687. The standard InChI is InChI=1S/C12H24N4/c1-11(2)8-12(3)13-6-4-5-7-16-9-14-15-10-16/h9-13H,4-8H2,1-3H3. The highest BCUT2D eigenvalue weighted by Gasteiger charge is 2.03. The van der Waals surface area contributed by atoms with Crippen LogP contribution in [0.5, 0.6) is 0 Å². The summed E-state index contributed by atoms with van der Waals surface area (Å²) in [6, 6.07) is 0.634. The van der Waals surface area contributed by atoms with Crippen LogP contribution in [0.2, 0.25) is 0 Å². The molecule has 0 spiro atoms. The summed E-state index contributed by atoms with van der Waals surface area (Å²) in [6.07, 6.45) is 7.19. The first kappa shape index (κ1) is 13.2. The van der Waals surface area contributed by atoms with Crippen LogP contribution in [0.4, 0.5) is 0 Å². The Labute approximate surface area is 98.5 Å². The summed E-state index contributed by atoms with van der Waals surface area (Å²) >= 11 is 0. The second-order valence-electron chi connectivity index (χ2n) is 4.89. The number of hydrogen-bond donors (Lipinski definition) is 1. The number of nitrogens with zero attached hydrogens (tertiary/aromatic N) is 3. The summed E-state index contributed by atoms with van der Waals surface area (Å²) < 4.78 is 2.03. The van der Waals surface area contributed by atoms with Crippen LogP contribution in [0.3, 0.4) is 0 Å². The number of aryl methyl sites for hydroxylation is 1. The van der Waals surface area contributed by atoms with E-state index in [0.29, 0.717) is 6.04 Å². The second kappa shape index (κ2) is 7.39. The molecule has 1 heterocycles. The molecule has 1 rings (SSSR count). The molecule has 0 aliphatic carbocycles. The molecule has 0 saturated carbocycles. The lowest BCUT2D eigenvalue weighted by Gasteiger charge is -2.15. The van der Waals surface area contributed by atoms with Gasteiger partial charge in [0.25, 0.3) is 0 Å². The van der Waals surface area contributed by atoms with Gasteiger partial charge in [0.05, 0.1) is 0 Å². The number of nitrogens with one attached hydrogen (secondary N) is 1. The third-order valence-corrected chi connectivity index (χ3v) is 2.63. The van der Waals surface area contributed by atoms with Crippen LogP contribution in [-0.4, -0.2) is 27.4 Å². The SMILES string of the molecule is CC(C)CC(C)NCCCCn1cnnc1. The summed E-state index contributed by atoms with van der Waals surface area (Å²) in [4.78, 5) is 0. The van der Waals surface area contributed by atoms with Crippen molar-refractivity contribution in [3.8, 4) is 0 Å². The molecule has 1 aromatic heterocycles. The fraction of sp³-hybridized carbons (Fsp3) is 0.833. The van der Waals surface area contributed by atoms with Gasteiger partial charge in [0, 0.05) is 12.6 Å². The third kappa shape index (κ3) is 5.85. The zero-order valence-electron chi connectivity index (χ0n) is 10.7. The van der Waals surface area contributed by atoms with E-state index < -0.39 is 0 Å². The number of unbranched alkanes of at least 4 members (excludes halogenated alkanes) is 1. The molecule has 0 aliphatic heterocycles. The molecule has 1 unspecified atom stereocenters. The maximum absolute atomic E-state index is 3.78. The highest BCUT2D eigenvalue weighted by atomic mass is 15.2. The Hall–Kier alpha value is -0.900. The molecule has 1 atom stereocenters. The van der Waals surface area contributed by atoms with Gasteiger partial charge in [0.1, 0.15) is 12.7 Å². The van der Waals surface area contributed by atoms with Crippen molar-refractivity contribution in [3.63, 3.8) is 0 Å². The molecule has 0 aromatic carbocycles. The van der Waals surface area contributed by atoms with Crippen molar-refractivity contribution < 1.29 is 0 Å². The summed E-state index contributed by atoms with van der Waals surface area (Å²) in [7, 11) is 0. The van der Waals surface area contributed by atoms with E-state index in [4.69, 9.17) is 0 Å². The topological polar surface area (TPSA) is 42.7 Å². The number of rotatable bonds is 8. The molecule has 0 amide bonds. The first-order valence-electron chi connectivity index (χ1n) is 6.24. The van der Waals surface area contributed by atoms with Crippen LogP contribution in [0.15, 0.2) is 12.7 Å². The molecule has 4 heteroatoms. The largest absolute Gasteiger partial charge is 0.320 e. The van der Waals surface area contributed by atoms with E-state index in [-0.39, 0.29) is 0 Å². The molecular formula is C12H24N4. The average molecular weight is 224 g/mol. The van der Waals surface area contributed by atoms with E-state index in [1.54, 1.807) is 12.7 Å². The highest BCUT2D eigenvalue weighted by molar-refractivity contribution is 4.64. The summed E-state index contributed by atoms with van der Waals surface area (Å²) in [5.74, 6) is 0.777. The third-order valence-electron chi connectivity index (χ3n) is 2.63. The van der Waals surface area contributed by atoms with Crippen molar-refractivity contribution in [2.45, 2.75) is 52.6 Å². The van der Waals surface area contributed by atoms with E-state index in [9.17, 15) is 0 Å². The Morgan fingerprint density at radius 1 is 1.12 bits per heavy atom. The molecule has 0 saturated heterocycles. The minimum absolute atomic E-state index is 0.634. The molecule has 16 heavy (non-hydrogen) atoms. The van der Waals surface area contributed by atoms with E-state index >= 15 is 0 Å². The van der Waals surface area contributed by atoms with Gasteiger partial charge in [-0.1, -0.05) is 13.8 Å². The molecule has 4 nitrogen and oxygen atoms in total. The molecule has 0 aliphatic rings. The van der Waals surface area contributed by atoms with Gasteiger partial charge in [-0.3, -0.25) is 0 Å². The fourth-order valence-corrected chi connectivity index (χ4v) is 1.90. The normalized spacial score (nSPS) is 13.2. The van der Waals surface area contributed by atoms with Gasteiger partial charge in [0.15, 0.2) is 0 Å². The van der Waals surface area contributed by atoms with Crippen LogP contribution < -0.4 is 5.32 Å². The van der Waals surface area contributed by atoms with Crippen molar-refractivity contribution in [1.82, 2.24) is 20.1 Å². The zero-order chi connectivity index (χ0) is 11.8. The minimum atomic E-state index is 0.634. The van der Waals surface area contributed by atoms with Crippen molar-refractivity contribution in [2.75, 3.05) is 6.54 Å². The lowest BCUT2D eigenvalue weighted by atomic mass is 10.1. The first-order chi connectivity index (χ1) is 7.68. The minimum Gasteiger partial charge on any atom is -0.320 e. The van der Waals surface area contributed by atoms with E-state index in [1.807, 2.05) is 4.57 Å². The smallest absolute Gasteiger partial charge is 0.119 e. The number of hydrogen-bond acceptors (Lipinski definition) is 3. The van der Waals surface area contributed by atoms with E-state index in [0.717, 1.165) is 19.0 Å². The molecule has 1 aromatic rings. The van der Waals surface area contributed by atoms with Gasteiger partial charge in [-0.05, 0) is 38.6 Å². The van der Waals surface area contributed by atoms with E-state index in [1.165, 1.54) is 19.3 Å². The molecule has 0 fully saturated rings. The van der Waals surface area contributed by atoms with Crippen LogP contribution in [0.25, 0.3) is 0 Å². The van der Waals surface area contributed by atoms with Crippen molar-refractivity contribution in [1.29, 1.82) is 0 Å². The lowest BCUT2D eigenvalue weighted by molar-refractivity contribution is 0.433. The maximum Gasteiger partial charge on any atom is 0.119 e. The summed E-state index contributed by atoms with van der Waals surface area (Å²) in [6.45, 7) is 8.93. The summed E-state index contributed by atoms with van der Waals surface area (Å²) in [5.41, 5.74) is 0. The van der Waals surface area contributed by atoms with E-state index in [2.05, 4.69) is 36.3 Å². The maximum atomic E-state index is 3.78.